The first-order valence-electron chi connectivity index (χ1n) is 4.76. The van der Waals surface area contributed by atoms with Gasteiger partial charge in [0.1, 0.15) is 0 Å². The van der Waals surface area contributed by atoms with Crippen LogP contribution < -0.4 is 5.32 Å². The van der Waals surface area contributed by atoms with Crippen LogP contribution in [0.5, 0.6) is 0 Å². The van der Waals surface area contributed by atoms with Crippen molar-refractivity contribution in [3.05, 3.63) is 33.3 Å². The second-order valence-electron chi connectivity index (χ2n) is 3.67. The highest BCUT2D eigenvalue weighted by Crippen LogP contribution is 2.34. The van der Waals surface area contributed by atoms with Crippen molar-refractivity contribution in [2.24, 2.45) is 0 Å². The third kappa shape index (κ3) is 1.73. The second-order valence-corrected chi connectivity index (χ2v) is 4.47. The molecule has 0 radical (unpaired) electrons. The summed E-state index contributed by atoms with van der Waals surface area (Å²) in [6.07, 6.45) is 0.467. The minimum Gasteiger partial charge on any atom is -0.316 e. The van der Waals surface area contributed by atoms with Crippen LogP contribution in [0.2, 0.25) is 0 Å². The van der Waals surface area contributed by atoms with E-state index in [0.717, 1.165) is 0 Å². The van der Waals surface area contributed by atoms with Crippen molar-refractivity contribution >= 4 is 15.9 Å². The van der Waals surface area contributed by atoms with E-state index in [1.54, 1.807) is 0 Å². The lowest BCUT2D eigenvalue weighted by Crippen LogP contribution is -2.13. The maximum atomic E-state index is 13.5. The molecule has 1 aromatic carbocycles. The van der Waals surface area contributed by atoms with Gasteiger partial charge in [0.25, 0.3) is 0 Å². The number of halogens is 5. The van der Waals surface area contributed by atoms with Gasteiger partial charge >= 0.3 is 0 Å². The number of benzene rings is 1. The Morgan fingerprint density at radius 1 is 1.00 bits per heavy atom. The number of rotatable bonds is 1. The van der Waals surface area contributed by atoms with Crippen LogP contribution in [0.1, 0.15) is 17.9 Å². The quantitative estimate of drug-likeness (QED) is 0.477. The molecule has 0 aromatic heterocycles. The molecule has 1 aliphatic rings. The molecule has 16 heavy (non-hydrogen) atoms. The van der Waals surface area contributed by atoms with Crippen molar-refractivity contribution in [3.8, 4) is 0 Å². The molecule has 1 heterocycles. The number of nitrogens with one attached hydrogen (secondary N) is 1. The van der Waals surface area contributed by atoms with Crippen molar-refractivity contribution in [2.75, 3.05) is 13.1 Å². The second kappa shape index (κ2) is 4.33. The normalized spacial score (nSPS) is 20.4. The Hall–Kier alpha value is -0.620. The van der Waals surface area contributed by atoms with E-state index in [4.69, 9.17) is 0 Å². The first-order valence-corrected chi connectivity index (χ1v) is 5.55. The van der Waals surface area contributed by atoms with Gasteiger partial charge in [-0.05, 0) is 28.9 Å². The van der Waals surface area contributed by atoms with Gasteiger partial charge < -0.3 is 5.32 Å². The van der Waals surface area contributed by atoms with E-state index in [9.17, 15) is 17.6 Å². The fourth-order valence-corrected chi connectivity index (χ4v) is 2.23. The van der Waals surface area contributed by atoms with E-state index < -0.39 is 39.2 Å². The van der Waals surface area contributed by atoms with Crippen LogP contribution in [0.3, 0.4) is 0 Å². The fraction of sp³-hybridized carbons (Fsp3) is 0.400. The summed E-state index contributed by atoms with van der Waals surface area (Å²) < 4.78 is 52.7. The zero-order chi connectivity index (χ0) is 11.9. The average Bonchev–Trinajstić information content (AvgIpc) is 2.77. The highest BCUT2D eigenvalue weighted by Gasteiger charge is 2.30. The Morgan fingerprint density at radius 2 is 1.56 bits per heavy atom. The summed E-state index contributed by atoms with van der Waals surface area (Å²) in [6.45, 7) is 0.914. The summed E-state index contributed by atoms with van der Waals surface area (Å²) in [7, 11) is 0. The van der Waals surface area contributed by atoms with Gasteiger partial charge in [0, 0.05) is 18.0 Å². The summed E-state index contributed by atoms with van der Waals surface area (Å²) in [5.74, 6) is -5.88. The Bertz CT molecular complexity index is 400. The first kappa shape index (κ1) is 11.9. The summed E-state index contributed by atoms with van der Waals surface area (Å²) in [5.41, 5.74) is -0.497. The minimum absolute atomic E-state index is 0.328. The molecule has 88 valence electrons. The summed E-state index contributed by atoms with van der Waals surface area (Å²) in [6, 6.07) is 0. The summed E-state index contributed by atoms with van der Waals surface area (Å²) >= 11 is 2.48. The average molecular weight is 298 g/mol. The molecule has 0 bridgehead atoms. The van der Waals surface area contributed by atoms with Crippen LogP contribution in [0.15, 0.2) is 4.47 Å². The van der Waals surface area contributed by atoms with E-state index >= 15 is 0 Å². The molecule has 1 aliphatic heterocycles. The zero-order valence-corrected chi connectivity index (χ0v) is 9.67. The van der Waals surface area contributed by atoms with Gasteiger partial charge in [0.15, 0.2) is 23.3 Å². The van der Waals surface area contributed by atoms with Gasteiger partial charge in [0.2, 0.25) is 0 Å². The molecule has 0 amide bonds. The van der Waals surface area contributed by atoms with Crippen molar-refractivity contribution in [1.82, 2.24) is 5.32 Å². The van der Waals surface area contributed by atoms with E-state index in [0.29, 0.717) is 19.5 Å². The molecule has 1 N–H and O–H groups in total. The molecular formula is C10H8BrF4N. The summed E-state index contributed by atoms with van der Waals surface area (Å²) in [5, 5.41) is 2.89. The SMILES string of the molecule is Fc1c(F)c(C2CCNC2)c(F)c(F)c1Br. The Morgan fingerprint density at radius 3 is 2.00 bits per heavy atom. The van der Waals surface area contributed by atoms with Crippen LogP contribution >= 0.6 is 15.9 Å². The highest BCUT2D eigenvalue weighted by atomic mass is 79.9. The molecule has 2 rings (SSSR count). The first-order chi connectivity index (χ1) is 7.54. The molecule has 1 fully saturated rings. The summed E-state index contributed by atoms with van der Waals surface area (Å²) in [4.78, 5) is 0. The maximum absolute atomic E-state index is 13.5. The molecule has 1 aromatic rings. The molecule has 1 atom stereocenters. The van der Waals surface area contributed by atoms with Crippen molar-refractivity contribution in [3.63, 3.8) is 0 Å². The topological polar surface area (TPSA) is 12.0 Å². The van der Waals surface area contributed by atoms with Gasteiger partial charge in [0.05, 0.1) is 4.47 Å². The van der Waals surface area contributed by atoms with E-state index in [-0.39, 0.29) is 0 Å². The number of hydrogen-bond donors (Lipinski definition) is 1. The lowest BCUT2D eigenvalue weighted by molar-refractivity contribution is 0.422. The Labute approximate surface area is 98.0 Å². The molecule has 0 spiro atoms. The van der Waals surface area contributed by atoms with Gasteiger partial charge in [-0.15, -0.1) is 0 Å². The minimum atomic E-state index is -1.37. The van der Waals surface area contributed by atoms with E-state index in [2.05, 4.69) is 21.2 Å². The third-order valence-electron chi connectivity index (χ3n) is 2.71. The van der Waals surface area contributed by atoms with Crippen molar-refractivity contribution in [1.29, 1.82) is 0 Å². The molecule has 0 saturated carbocycles. The molecular weight excluding hydrogens is 290 g/mol. The van der Waals surface area contributed by atoms with Crippen LogP contribution in [-0.2, 0) is 0 Å². The van der Waals surface area contributed by atoms with Crippen LogP contribution in [0.25, 0.3) is 0 Å². The Kier molecular flexibility index (Phi) is 3.21. The predicted molar refractivity (Wildman–Crippen MR) is 54.2 cm³/mol. The van der Waals surface area contributed by atoms with Gasteiger partial charge in [-0.2, -0.15) is 0 Å². The largest absolute Gasteiger partial charge is 0.316 e. The van der Waals surface area contributed by atoms with E-state index in [1.807, 2.05) is 0 Å². The monoisotopic (exact) mass is 297 g/mol. The molecule has 1 unspecified atom stereocenters. The molecule has 6 heteroatoms. The van der Waals surface area contributed by atoms with Crippen molar-refractivity contribution < 1.29 is 17.6 Å². The maximum Gasteiger partial charge on any atom is 0.176 e. The van der Waals surface area contributed by atoms with Gasteiger partial charge in [-0.3, -0.25) is 0 Å². The van der Waals surface area contributed by atoms with Crippen LogP contribution in [0, 0.1) is 23.3 Å². The lowest BCUT2D eigenvalue weighted by Gasteiger charge is -2.13. The van der Waals surface area contributed by atoms with Gasteiger partial charge in [-0.25, -0.2) is 17.6 Å². The third-order valence-corrected chi connectivity index (χ3v) is 3.41. The molecule has 1 saturated heterocycles. The highest BCUT2D eigenvalue weighted by molar-refractivity contribution is 9.10. The molecule has 1 nitrogen and oxygen atoms in total. The predicted octanol–water partition coefficient (Wildman–Crippen LogP) is 3.08. The smallest absolute Gasteiger partial charge is 0.176 e. The zero-order valence-electron chi connectivity index (χ0n) is 8.09. The van der Waals surface area contributed by atoms with Crippen LogP contribution in [0.4, 0.5) is 17.6 Å². The van der Waals surface area contributed by atoms with E-state index in [1.165, 1.54) is 0 Å². The van der Waals surface area contributed by atoms with Gasteiger partial charge in [-0.1, -0.05) is 0 Å². The Balaban J connectivity index is 2.59. The molecule has 0 aliphatic carbocycles. The fourth-order valence-electron chi connectivity index (χ4n) is 1.88. The van der Waals surface area contributed by atoms with Crippen LogP contribution in [-0.4, -0.2) is 13.1 Å². The standard InChI is InChI=1S/C10H8BrF4N/c11-6-9(14)7(12)5(8(13)10(6)15)4-1-2-16-3-4/h4,16H,1-3H2. The van der Waals surface area contributed by atoms with Crippen molar-refractivity contribution in [2.45, 2.75) is 12.3 Å². The lowest BCUT2D eigenvalue weighted by atomic mass is 9.97. The number of hydrogen-bond acceptors (Lipinski definition) is 1.